The highest BCUT2D eigenvalue weighted by Gasteiger charge is 2.49. The third-order valence-corrected chi connectivity index (χ3v) is 6.04. The molecule has 8 nitrogen and oxygen atoms in total. The van der Waals surface area contributed by atoms with E-state index in [2.05, 4.69) is 5.32 Å². The van der Waals surface area contributed by atoms with Crippen molar-refractivity contribution in [3.05, 3.63) is 76.1 Å². The van der Waals surface area contributed by atoms with Crippen LogP contribution in [0.2, 0.25) is 0 Å². The van der Waals surface area contributed by atoms with Gasteiger partial charge in [0, 0.05) is 29.8 Å². The molecule has 2 aliphatic rings. The van der Waals surface area contributed by atoms with Crippen LogP contribution in [-0.4, -0.2) is 49.5 Å². The molecule has 4 unspecified atom stereocenters. The molecule has 35 heavy (non-hydrogen) atoms. The number of rotatable bonds is 4. The highest BCUT2D eigenvalue weighted by molar-refractivity contribution is 5.81. The van der Waals surface area contributed by atoms with Gasteiger partial charge in [0.1, 0.15) is 35.5 Å². The van der Waals surface area contributed by atoms with Gasteiger partial charge in [-0.1, -0.05) is 30.3 Å². The zero-order chi connectivity index (χ0) is 24.7. The van der Waals surface area contributed by atoms with Crippen molar-refractivity contribution < 1.29 is 41.6 Å². The maximum Gasteiger partial charge on any atom is 0.423 e. The predicted octanol–water partition coefficient (Wildman–Crippen LogP) is 3.44. The number of benzene rings is 2. The second-order valence-electron chi connectivity index (χ2n) is 8.31. The van der Waals surface area contributed by atoms with Crippen molar-refractivity contribution in [2.45, 2.75) is 43.1 Å². The number of fused-ring (bicyclic) bond motifs is 2. The van der Waals surface area contributed by atoms with Gasteiger partial charge < -0.3 is 33.8 Å². The van der Waals surface area contributed by atoms with Gasteiger partial charge in [0.2, 0.25) is 0 Å². The first-order valence-corrected chi connectivity index (χ1v) is 10.8. The topological polar surface area (TPSA) is 99.4 Å². The Kier molecular flexibility index (Phi) is 6.28. The van der Waals surface area contributed by atoms with E-state index in [-0.39, 0.29) is 17.6 Å². The maximum atomic E-state index is 13.0. The number of aliphatic hydroxyl groups excluding tert-OH is 1. The van der Waals surface area contributed by atoms with E-state index in [9.17, 15) is 23.1 Å². The van der Waals surface area contributed by atoms with Crippen molar-refractivity contribution in [1.82, 2.24) is 0 Å². The average Bonchev–Trinajstić information content (AvgIpc) is 2.84. The Balaban J connectivity index is 1.39. The molecule has 0 aliphatic carbocycles. The van der Waals surface area contributed by atoms with Crippen LogP contribution in [-0.2, 0) is 25.1 Å². The number of hydrogen-bond donors (Lipinski definition) is 2. The number of ether oxygens (including phenoxy) is 4. The average molecular weight is 493 g/mol. The van der Waals surface area contributed by atoms with Crippen LogP contribution in [0, 0.1) is 0 Å². The third-order valence-electron chi connectivity index (χ3n) is 6.04. The van der Waals surface area contributed by atoms with Crippen molar-refractivity contribution >= 4 is 16.7 Å². The molecule has 5 rings (SSSR count). The van der Waals surface area contributed by atoms with Gasteiger partial charge in [0.05, 0.1) is 6.61 Å². The third kappa shape index (κ3) is 4.65. The fraction of sp³-hybridized carbons (Fsp3) is 0.375. The van der Waals surface area contributed by atoms with Crippen molar-refractivity contribution in [2.75, 3.05) is 19.0 Å². The molecule has 0 saturated carbocycles. The Bertz CT molecular complexity index is 1250. The second kappa shape index (κ2) is 9.25. The molecule has 2 aromatic carbocycles. The SMILES string of the molecule is CO[C@H]1OC2COC(c3ccccc3)O[C@H]2C(O)C1Nc1ccc2cc(C(F)(F)F)c(=O)oc2c1. The minimum Gasteiger partial charge on any atom is -0.422 e. The molecule has 0 bridgehead atoms. The summed E-state index contributed by atoms with van der Waals surface area (Å²) in [4.78, 5) is 11.8. The van der Waals surface area contributed by atoms with Crippen LogP contribution in [0.25, 0.3) is 11.0 Å². The Hall–Kier alpha value is -2.96. The fourth-order valence-electron chi connectivity index (χ4n) is 4.32. The van der Waals surface area contributed by atoms with Crippen LogP contribution < -0.4 is 10.9 Å². The number of halogens is 3. The van der Waals surface area contributed by atoms with Gasteiger partial charge in [-0.15, -0.1) is 0 Å². The first-order valence-electron chi connectivity index (χ1n) is 10.8. The lowest BCUT2D eigenvalue weighted by Gasteiger charge is -2.47. The van der Waals surface area contributed by atoms with Gasteiger partial charge >= 0.3 is 11.8 Å². The molecule has 0 amide bonds. The van der Waals surface area contributed by atoms with Crippen LogP contribution in [0.15, 0.2) is 63.8 Å². The Morgan fingerprint density at radius 1 is 1.09 bits per heavy atom. The van der Waals surface area contributed by atoms with Gasteiger partial charge in [0.15, 0.2) is 12.6 Å². The number of hydrogen-bond acceptors (Lipinski definition) is 8. The molecule has 2 saturated heterocycles. The van der Waals surface area contributed by atoms with E-state index in [0.717, 1.165) is 11.6 Å². The summed E-state index contributed by atoms with van der Waals surface area (Å²) in [5, 5.41) is 14.3. The number of alkyl halides is 3. The molecule has 0 radical (unpaired) electrons. The summed E-state index contributed by atoms with van der Waals surface area (Å²) in [6, 6.07) is 13.5. The highest BCUT2D eigenvalue weighted by Crippen LogP contribution is 2.36. The van der Waals surface area contributed by atoms with E-state index in [4.69, 9.17) is 23.4 Å². The quantitative estimate of drug-likeness (QED) is 0.534. The summed E-state index contributed by atoms with van der Waals surface area (Å²) in [5.74, 6) is 0. The molecule has 3 heterocycles. The van der Waals surface area contributed by atoms with Gasteiger partial charge in [0.25, 0.3) is 0 Å². The monoisotopic (exact) mass is 493 g/mol. The first kappa shape index (κ1) is 23.8. The van der Waals surface area contributed by atoms with Gasteiger partial charge in [-0.3, -0.25) is 0 Å². The van der Waals surface area contributed by atoms with E-state index in [0.29, 0.717) is 5.69 Å². The molecule has 2 N–H and O–H groups in total. The normalized spacial score (nSPS) is 29.1. The molecular formula is C24H22F3NO7. The minimum atomic E-state index is -4.82. The minimum absolute atomic E-state index is 0.0440. The van der Waals surface area contributed by atoms with Crippen LogP contribution >= 0.6 is 0 Å². The van der Waals surface area contributed by atoms with E-state index < -0.39 is 54.3 Å². The molecule has 1 aromatic heterocycles. The molecular weight excluding hydrogens is 471 g/mol. The summed E-state index contributed by atoms with van der Waals surface area (Å²) in [6.07, 6.45) is -8.81. The predicted molar refractivity (Wildman–Crippen MR) is 117 cm³/mol. The first-order chi connectivity index (χ1) is 16.7. The molecule has 11 heteroatoms. The fourth-order valence-corrected chi connectivity index (χ4v) is 4.32. The van der Waals surface area contributed by atoms with E-state index in [1.165, 1.54) is 25.3 Å². The Morgan fingerprint density at radius 3 is 2.57 bits per heavy atom. The van der Waals surface area contributed by atoms with Gasteiger partial charge in [-0.05, 0) is 18.2 Å². The number of methoxy groups -OCH3 is 1. The largest absolute Gasteiger partial charge is 0.423 e. The van der Waals surface area contributed by atoms with Crippen LogP contribution in [0.3, 0.4) is 0 Å². The lowest BCUT2D eigenvalue weighted by Crippen LogP contribution is -2.64. The zero-order valence-corrected chi connectivity index (χ0v) is 18.4. The zero-order valence-electron chi connectivity index (χ0n) is 18.4. The standard InChI is InChI=1S/C24H22F3NO7/c1-31-23-18(19(29)20-17(34-23)11-32-22(35-20)12-5-3-2-4-6-12)28-14-8-7-13-9-15(24(25,26)27)21(30)33-16(13)10-14/h2-10,17-20,22-23,28-29H,11H2,1H3/t17?,18?,19?,20-,22?,23+/m1/s1. The Labute approximate surface area is 197 Å². The molecule has 186 valence electrons. The van der Waals surface area contributed by atoms with E-state index in [1.54, 1.807) is 0 Å². The van der Waals surface area contributed by atoms with Crippen molar-refractivity contribution in [2.24, 2.45) is 0 Å². The molecule has 3 aromatic rings. The molecule has 2 aliphatic heterocycles. The van der Waals surface area contributed by atoms with Crippen LogP contribution in [0.5, 0.6) is 0 Å². The summed E-state index contributed by atoms with van der Waals surface area (Å²) in [5.41, 5.74) is -1.74. The van der Waals surface area contributed by atoms with Crippen molar-refractivity contribution in [3.63, 3.8) is 0 Å². The number of anilines is 1. The lowest BCUT2D eigenvalue weighted by atomic mass is 9.95. The van der Waals surface area contributed by atoms with E-state index >= 15 is 0 Å². The summed E-state index contributed by atoms with van der Waals surface area (Å²) in [7, 11) is 1.42. The summed E-state index contributed by atoms with van der Waals surface area (Å²) >= 11 is 0. The van der Waals surface area contributed by atoms with Gasteiger partial charge in [-0.2, -0.15) is 13.2 Å². The number of nitrogens with one attached hydrogen (secondary N) is 1. The second-order valence-corrected chi connectivity index (χ2v) is 8.31. The van der Waals surface area contributed by atoms with E-state index in [1.807, 2.05) is 30.3 Å². The number of aliphatic hydroxyl groups is 1. The summed E-state index contributed by atoms with van der Waals surface area (Å²) < 4.78 is 67.1. The van der Waals surface area contributed by atoms with Crippen LogP contribution in [0.4, 0.5) is 18.9 Å². The highest BCUT2D eigenvalue weighted by atomic mass is 19.4. The van der Waals surface area contributed by atoms with Crippen molar-refractivity contribution in [1.29, 1.82) is 0 Å². The van der Waals surface area contributed by atoms with Crippen LogP contribution in [0.1, 0.15) is 17.4 Å². The maximum absolute atomic E-state index is 13.0. The molecule has 2 fully saturated rings. The smallest absolute Gasteiger partial charge is 0.422 e. The summed E-state index contributed by atoms with van der Waals surface area (Å²) in [6.45, 7) is 0.177. The molecule has 0 spiro atoms. The van der Waals surface area contributed by atoms with Gasteiger partial charge in [-0.25, -0.2) is 4.79 Å². The Morgan fingerprint density at radius 2 is 1.86 bits per heavy atom. The van der Waals surface area contributed by atoms with Crippen molar-refractivity contribution in [3.8, 4) is 0 Å². The molecule has 6 atom stereocenters. The lowest BCUT2D eigenvalue weighted by molar-refractivity contribution is -0.337.